The number of likely N-dealkylation sites (tertiary alicyclic amines) is 1. The van der Waals surface area contributed by atoms with Crippen molar-refractivity contribution in [2.24, 2.45) is 0 Å². The van der Waals surface area contributed by atoms with Crippen molar-refractivity contribution in [1.29, 1.82) is 0 Å². The zero-order chi connectivity index (χ0) is 22.5. The van der Waals surface area contributed by atoms with E-state index in [4.69, 9.17) is 19.2 Å². The van der Waals surface area contributed by atoms with E-state index in [0.29, 0.717) is 30.2 Å². The number of imidazole rings is 1. The van der Waals surface area contributed by atoms with Crippen molar-refractivity contribution in [2.45, 2.75) is 38.6 Å². The van der Waals surface area contributed by atoms with Crippen LogP contribution in [0.25, 0.3) is 22.4 Å². The molecule has 3 aromatic rings. The summed E-state index contributed by atoms with van der Waals surface area (Å²) < 4.78 is 18.7. The lowest BCUT2D eigenvalue weighted by Crippen LogP contribution is -2.32. The van der Waals surface area contributed by atoms with Crippen molar-refractivity contribution in [3.63, 3.8) is 0 Å². The molecule has 0 spiro atoms. The molecule has 0 unspecified atom stereocenters. The number of rotatable bonds is 7. The van der Waals surface area contributed by atoms with Crippen molar-refractivity contribution in [3.05, 3.63) is 36.4 Å². The summed E-state index contributed by atoms with van der Waals surface area (Å²) in [5, 5.41) is 0. The molecule has 2 heterocycles. The molecule has 32 heavy (non-hydrogen) atoms. The van der Waals surface area contributed by atoms with Crippen LogP contribution in [0.15, 0.2) is 36.4 Å². The Kier molecular flexibility index (Phi) is 6.83. The molecule has 2 aromatic carbocycles. The molecule has 0 N–H and O–H groups in total. The second kappa shape index (κ2) is 9.94. The SMILES string of the molecule is COc1cc(-c2nc3ccccc3n2CCC(=O)N2CCCCCC2)cc(OC)c1OC. The van der Waals surface area contributed by atoms with Gasteiger partial charge >= 0.3 is 0 Å². The predicted octanol–water partition coefficient (Wildman–Crippen LogP) is 4.52. The summed E-state index contributed by atoms with van der Waals surface area (Å²) >= 11 is 0. The van der Waals surface area contributed by atoms with Crippen LogP contribution in [0, 0.1) is 0 Å². The van der Waals surface area contributed by atoms with E-state index in [9.17, 15) is 4.79 Å². The number of fused-ring (bicyclic) bond motifs is 1. The first-order valence-electron chi connectivity index (χ1n) is 11.2. The molecule has 7 nitrogen and oxygen atoms in total. The Bertz CT molecular complexity index is 1060. The third kappa shape index (κ3) is 4.38. The second-order valence-electron chi connectivity index (χ2n) is 8.03. The minimum Gasteiger partial charge on any atom is -0.493 e. The normalized spacial score (nSPS) is 14.3. The summed E-state index contributed by atoms with van der Waals surface area (Å²) in [6, 6.07) is 11.8. The standard InChI is InChI=1S/C25H31N3O4/c1-30-21-16-18(17-22(31-2)24(21)32-3)25-26-19-10-6-7-11-20(19)28(25)15-12-23(29)27-13-8-4-5-9-14-27/h6-7,10-11,16-17H,4-5,8-9,12-15H2,1-3H3. The summed E-state index contributed by atoms with van der Waals surface area (Å²) in [6.07, 6.45) is 5.05. The van der Waals surface area contributed by atoms with Gasteiger partial charge in [-0.1, -0.05) is 25.0 Å². The number of carbonyl (C=O) groups excluding carboxylic acids is 1. The molecule has 0 aliphatic carbocycles. The molecular weight excluding hydrogens is 406 g/mol. The molecule has 1 saturated heterocycles. The van der Waals surface area contributed by atoms with Gasteiger partial charge in [-0.2, -0.15) is 0 Å². The van der Waals surface area contributed by atoms with Crippen LogP contribution in [-0.2, 0) is 11.3 Å². The number of para-hydroxylation sites is 2. The van der Waals surface area contributed by atoms with Crippen molar-refractivity contribution in [3.8, 4) is 28.6 Å². The summed E-state index contributed by atoms with van der Waals surface area (Å²) in [4.78, 5) is 19.8. The third-order valence-electron chi connectivity index (χ3n) is 6.09. The van der Waals surface area contributed by atoms with Gasteiger partial charge in [-0.3, -0.25) is 4.79 Å². The van der Waals surface area contributed by atoms with E-state index in [1.165, 1.54) is 12.8 Å². The van der Waals surface area contributed by atoms with E-state index >= 15 is 0 Å². The number of hydrogen-bond donors (Lipinski definition) is 0. The molecule has 0 bridgehead atoms. The Balaban J connectivity index is 1.70. The fourth-order valence-corrected chi connectivity index (χ4v) is 4.42. The highest BCUT2D eigenvalue weighted by molar-refractivity contribution is 5.82. The lowest BCUT2D eigenvalue weighted by Gasteiger charge is -2.21. The molecule has 0 radical (unpaired) electrons. The van der Waals surface area contributed by atoms with E-state index in [1.807, 2.05) is 41.3 Å². The first-order valence-corrected chi connectivity index (χ1v) is 11.2. The van der Waals surface area contributed by atoms with Crippen LogP contribution in [0.5, 0.6) is 17.2 Å². The van der Waals surface area contributed by atoms with Crippen LogP contribution in [0.3, 0.4) is 0 Å². The Morgan fingerprint density at radius 3 is 2.22 bits per heavy atom. The lowest BCUT2D eigenvalue weighted by molar-refractivity contribution is -0.131. The number of aryl methyl sites for hydroxylation is 1. The van der Waals surface area contributed by atoms with Crippen LogP contribution in [-0.4, -0.2) is 54.8 Å². The fraction of sp³-hybridized carbons (Fsp3) is 0.440. The summed E-state index contributed by atoms with van der Waals surface area (Å²) in [7, 11) is 4.79. The topological polar surface area (TPSA) is 65.8 Å². The van der Waals surface area contributed by atoms with Gasteiger partial charge in [-0.25, -0.2) is 4.98 Å². The maximum absolute atomic E-state index is 13.0. The predicted molar refractivity (Wildman–Crippen MR) is 124 cm³/mol. The highest BCUT2D eigenvalue weighted by atomic mass is 16.5. The van der Waals surface area contributed by atoms with E-state index in [-0.39, 0.29) is 5.91 Å². The summed E-state index contributed by atoms with van der Waals surface area (Å²) in [5.41, 5.74) is 2.73. The molecule has 1 aliphatic rings. The Labute approximate surface area is 188 Å². The molecule has 1 aromatic heterocycles. The van der Waals surface area contributed by atoms with Gasteiger partial charge in [0, 0.05) is 31.6 Å². The molecule has 4 rings (SSSR count). The van der Waals surface area contributed by atoms with Crippen LogP contribution in [0.4, 0.5) is 0 Å². The largest absolute Gasteiger partial charge is 0.493 e. The second-order valence-corrected chi connectivity index (χ2v) is 8.03. The molecule has 1 aliphatic heterocycles. The van der Waals surface area contributed by atoms with Gasteiger partial charge in [-0.15, -0.1) is 0 Å². The average molecular weight is 438 g/mol. The zero-order valence-corrected chi connectivity index (χ0v) is 19.1. The maximum Gasteiger partial charge on any atom is 0.224 e. The average Bonchev–Trinajstić information content (AvgIpc) is 2.98. The highest BCUT2D eigenvalue weighted by Gasteiger charge is 2.21. The van der Waals surface area contributed by atoms with Crippen molar-refractivity contribution in [1.82, 2.24) is 14.5 Å². The number of hydrogen-bond acceptors (Lipinski definition) is 5. The zero-order valence-electron chi connectivity index (χ0n) is 19.1. The molecular formula is C25H31N3O4. The number of aromatic nitrogens is 2. The Morgan fingerprint density at radius 2 is 1.59 bits per heavy atom. The van der Waals surface area contributed by atoms with Crippen LogP contribution in [0.2, 0.25) is 0 Å². The van der Waals surface area contributed by atoms with Crippen LogP contribution < -0.4 is 14.2 Å². The molecule has 1 fully saturated rings. The van der Waals surface area contributed by atoms with Gasteiger partial charge in [0.05, 0.1) is 32.4 Å². The van der Waals surface area contributed by atoms with Gasteiger partial charge in [-0.05, 0) is 37.1 Å². The molecule has 7 heteroatoms. The quantitative estimate of drug-likeness (QED) is 0.544. The molecule has 1 amide bonds. The minimum absolute atomic E-state index is 0.209. The van der Waals surface area contributed by atoms with Crippen molar-refractivity contribution < 1.29 is 19.0 Å². The van der Waals surface area contributed by atoms with Gasteiger partial charge in [0.15, 0.2) is 11.5 Å². The monoisotopic (exact) mass is 437 g/mol. The van der Waals surface area contributed by atoms with Crippen molar-refractivity contribution in [2.75, 3.05) is 34.4 Å². The number of methoxy groups -OCH3 is 3. The minimum atomic E-state index is 0.209. The number of carbonyl (C=O) groups is 1. The first kappa shape index (κ1) is 22.0. The maximum atomic E-state index is 13.0. The smallest absolute Gasteiger partial charge is 0.224 e. The number of benzene rings is 2. The van der Waals surface area contributed by atoms with Gasteiger partial charge in [0.25, 0.3) is 0 Å². The Morgan fingerprint density at radius 1 is 0.938 bits per heavy atom. The highest BCUT2D eigenvalue weighted by Crippen LogP contribution is 2.41. The fourth-order valence-electron chi connectivity index (χ4n) is 4.42. The third-order valence-corrected chi connectivity index (χ3v) is 6.09. The van der Waals surface area contributed by atoms with E-state index in [2.05, 4.69) is 4.57 Å². The van der Waals surface area contributed by atoms with Gasteiger partial charge in [0.1, 0.15) is 5.82 Å². The molecule has 170 valence electrons. The van der Waals surface area contributed by atoms with E-state index in [1.54, 1.807) is 21.3 Å². The number of nitrogens with zero attached hydrogens (tertiary/aromatic N) is 3. The molecule has 0 atom stereocenters. The number of ether oxygens (including phenoxy) is 3. The van der Waals surface area contributed by atoms with Crippen molar-refractivity contribution >= 4 is 16.9 Å². The number of amides is 1. The van der Waals surface area contributed by atoms with Crippen LogP contribution in [0.1, 0.15) is 32.1 Å². The summed E-state index contributed by atoms with van der Waals surface area (Å²) in [5.74, 6) is 2.66. The van der Waals surface area contributed by atoms with Crippen LogP contribution >= 0.6 is 0 Å². The summed E-state index contributed by atoms with van der Waals surface area (Å²) in [6.45, 7) is 2.29. The Hall–Kier alpha value is -3.22. The van der Waals surface area contributed by atoms with E-state index < -0.39 is 0 Å². The van der Waals surface area contributed by atoms with E-state index in [0.717, 1.165) is 48.4 Å². The van der Waals surface area contributed by atoms with Gasteiger partial charge in [0.2, 0.25) is 11.7 Å². The first-order chi connectivity index (χ1) is 15.7. The lowest BCUT2D eigenvalue weighted by atomic mass is 10.1. The van der Waals surface area contributed by atoms with Gasteiger partial charge < -0.3 is 23.7 Å². The molecule has 0 saturated carbocycles.